The van der Waals surface area contributed by atoms with E-state index >= 15 is 0 Å². The second kappa shape index (κ2) is 21.1. The molecule has 0 amide bonds. The van der Waals surface area contributed by atoms with E-state index in [0.717, 1.165) is 11.1 Å². The van der Waals surface area contributed by atoms with Crippen molar-refractivity contribution in [3.05, 3.63) is 36.4 Å². The smallest absolute Gasteiger partial charge is 0.230 e. The lowest BCUT2D eigenvalue weighted by molar-refractivity contribution is 0.00206. The van der Waals surface area contributed by atoms with Gasteiger partial charge in [0.15, 0.2) is 5.82 Å². The van der Waals surface area contributed by atoms with E-state index in [1.807, 2.05) is 30.3 Å². The molecule has 0 aliphatic carbocycles. The molecule has 2 fully saturated rings. The first-order valence-electron chi connectivity index (χ1n) is 15.4. The minimum Gasteiger partial charge on any atom is -0.377 e. The zero-order valence-corrected chi connectivity index (χ0v) is 25.7. The quantitative estimate of drug-likeness (QED) is 0.498. The molecule has 0 atom stereocenters. The van der Waals surface area contributed by atoms with Crippen LogP contribution < -0.4 is 9.80 Å². The maximum absolute atomic E-state index is 5.86. The molecule has 0 radical (unpaired) electrons. The first-order valence-corrected chi connectivity index (χ1v) is 15.4. The molecule has 244 valence electrons. The van der Waals surface area contributed by atoms with E-state index in [2.05, 4.69) is 16.4 Å². The summed E-state index contributed by atoms with van der Waals surface area (Å²) in [6.07, 6.45) is 1.81. The summed E-state index contributed by atoms with van der Waals surface area (Å²) in [6, 6.07) is 7.99. The van der Waals surface area contributed by atoms with Gasteiger partial charge in [0.05, 0.1) is 106 Å². The van der Waals surface area contributed by atoms with E-state index in [4.69, 9.17) is 52.8 Å². The van der Waals surface area contributed by atoms with Gasteiger partial charge >= 0.3 is 0 Å². The van der Waals surface area contributed by atoms with E-state index in [1.54, 1.807) is 0 Å². The zero-order valence-electron chi connectivity index (χ0n) is 25.7. The van der Waals surface area contributed by atoms with Crippen LogP contribution in [0.1, 0.15) is 5.56 Å². The lowest BCUT2D eigenvalue weighted by Crippen LogP contribution is -2.36. The first-order chi connectivity index (χ1) is 21.8. The van der Waals surface area contributed by atoms with Gasteiger partial charge in [0.25, 0.3) is 0 Å². The highest BCUT2D eigenvalue weighted by Gasteiger charge is 2.19. The molecular weight excluding hydrogens is 570 g/mol. The van der Waals surface area contributed by atoms with E-state index in [0.29, 0.717) is 150 Å². The van der Waals surface area contributed by atoms with Gasteiger partial charge < -0.3 is 47.7 Å². The van der Waals surface area contributed by atoms with Crippen LogP contribution in [0.3, 0.4) is 0 Å². The molecule has 2 aromatic rings. The summed E-state index contributed by atoms with van der Waals surface area (Å²) in [5, 5.41) is 0. The van der Waals surface area contributed by atoms with Crippen molar-refractivity contribution in [3.8, 4) is 11.4 Å². The van der Waals surface area contributed by atoms with Crippen LogP contribution in [0.25, 0.3) is 17.5 Å². The maximum atomic E-state index is 5.86. The highest BCUT2D eigenvalue weighted by Crippen LogP contribution is 2.22. The summed E-state index contributed by atoms with van der Waals surface area (Å²) >= 11 is 0. The predicted molar refractivity (Wildman–Crippen MR) is 166 cm³/mol. The molecule has 2 aliphatic heterocycles. The third-order valence-corrected chi connectivity index (χ3v) is 6.84. The fraction of sp³-hybridized carbons (Fsp3) is 0.645. The highest BCUT2D eigenvalue weighted by atomic mass is 16.6. The molecule has 4 rings (SSSR count). The van der Waals surface area contributed by atoms with E-state index < -0.39 is 0 Å². The van der Waals surface area contributed by atoms with Gasteiger partial charge in [-0.25, -0.2) is 0 Å². The minimum absolute atomic E-state index is 0.486. The van der Waals surface area contributed by atoms with Crippen LogP contribution in [-0.2, 0) is 37.9 Å². The Hall–Kier alpha value is -2.75. The lowest BCUT2D eigenvalue weighted by Gasteiger charge is -2.27. The van der Waals surface area contributed by atoms with Crippen molar-refractivity contribution < 1.29 is 37.9 Å². The Balaban J connectivity index is 1.58. The fourth-order valence-electron chi connectivity index (χ4n) is 4.38. The molecule has 0 saturated carbocycles. The minimum atomic E-state index is 0.486. The van der Waals surface area contributed by atoms with Gasteiger partial charge in [-0.05, 0) is 5.56 Å². The van der Waals surface area contributed by atoms with Gasteiger partial charge in [-0.15, -0.1) is 0 Å². The van der Waals surface area contributed by atoms with Crippen LogP contribution in [0.5, 0.6) is 0 Å². The summed E-state index contributed by atoms with van der Waals surface area (Å²) in [5.41, 5.74) is 1.89. The first kappa shape index (κ1) is 34.1. The van der Waals surface area contributed by atoms with Gasteiger partial charge in [0.2, 0.25) is 11.9 Å². The normalized spacial score (nSPS) is 20.5. The van der Waals surface area contributed by atoms with E-state index in [9.17, 15) is 0 Å². The second-order valence-electron chi connectivity index (χ2n) is 9.96. The molecule has 0 spiro atoms. The number of benzene rings is 1. The Morgan fingerprint density at radius 2 is 0.773 bits per heavy atom. The molecule has 1 aromatic carbocycles. The monoisotopic (exact) mass is 617 g/mol. The fourth-order valence-corrected chi connectivity index (χ4v) is 4.38. The molecule has 44 heavy (non-hydrogen) atoms. The number of rotatable bonds is 4. The largest absolute Gasteiger partial charge is 0.377 e. The van der Waals surface area contributed by atoms with E-state index in [-0.39, 0.29) is 0 Å². The Bertz CT molecular complexity index is 978. The Labute approximate surface area is 260 Å². The van der Waals surface area contributed by atoms with Crippen LogP contribution in [0.4, 0.5) is 11.9 Å². The molecule has 2 saturated heterocycles. The summed E-state index contributed by atoms with van der Waals surface area (Å²) < 4.78 is 45.7. The molecule has 1 aromatic heterocycles. The molecule has 0 bridgehead atoms. The summed E-state index contributed by atoms with van der Waals surface area (Å²) in [5.74, 6) is 1.65. The molecule has 3 heterocycles. The summed E-state index contributed by atoms with van der Waals surface area (Å²) in [7, 11) is 0. The van der Waals surface area contributed by atoms with Crippen molar-refractivity contribution in [3.63, 3.8) is 0 Å². The molecule has 2 aliphatic rings. The van der Waals surface area contributed by atoms with Crippen molar-refractivity contribution in [1.82, 2.24) is 15.0 Å². The van der Waals surface area contributed by atoms with Gasteiger partial charge in [-0.1, -0.05) is 36.9 Å². The second-order valence-corrected chi connectivity index (χ2v) is 9.96. The average Bonchev–Trinajstić information content (AvgIpc) is 3.08. The number of ether oxygens (including phenoxy) is 8. The van der Waals surface area contributed by atoms with Crippen molar-refractivity contribution in [1.29, 1.82) is 0 Å². The van der Waals surface area contributed by atoms with Gasteiger partial charge in [-0.2, -0.15) is 15.0 Å². The topological polar surface area (TPSA) is 119 Å². The Kier molecular flexibility index (Phi) is 16.3. The number of aromatic nitrogens is 3. The number of anilines is 2. The Morgan fingerprint density at radius 3 is 1.09 bits per heavy atom. The van der Waals surface area contributed by atoms with Crippen LogP contribution >= 0.6 is 0 Å². The third-order valence-electron chi connectivity index (χ3n) is 6.84. The maximum Gasteiger partial charge on any atom is 0.230 e. The van der Waals surface area contributed by atoms with Crippen molar-refractivity contribution in [2.45, 2.75) is 0 Å². The van der Waals surface area contributed by atoms with Gasteiger partial charge in [-0.3, -0.25) is 0 Å². The molecule has 13 nitrogen and oxygen atoms in total. The summed E-state index contributed by atoms with van der Waals surface area (Å²) in [4.78, 5) is 19.0. The SMILES string of the molecule is C=Cc1ccc(-c2nc(N3CCOCCOCCOCCOCC3)nc(N3CCOCCOCCOCCOCC3)n2)cc1. The standard InChI is InChI=1S/C31H47N5O8/c1-2-27-3-5-28(6-4-27)29-32-30(35-7-11-37-15-19-41-23-24-42-20-16-38-12-8-35)34-31(33-29)36-9-13-39-17-21-43-25-26-44-22-18-40-14-10-36/h2-6H,1,7-26H2. The number of hydrogen-bond donors (Lipinski definition) is 0. The molecular formula is C31H47N5O8. The van der Waals surface area contributed by atoms with Crippen molar-refractivity contribution >= 4 is 18.0 Å². The molecule has 13 heteroatoms. The average molecular weight is 618 g/mol. The Morgan fingerprint density at radius 1 is 0.455 bits per heavy atom. The summed E-state index contributed by atoms with van der Waals surface area (Å²) in [6.45, 7) is 14.3. The molecule has 0 N–H and O–H groups in total. The van der Waals surface area contributed by atoms with Crippen LogP contribution in [-0.4, -0.2) is 147 Å². The lowest BCUT2D eigenvalue weighted by atomic mass is 10.1. The predicted octanol–water partition coefficient (Wildman–Crippen LogP) is 1.95. The van der Waals surface area contributed by atoms with E-state index in [1.165, 1.54) is 0 Å². The highest BCUT2D eigenvalue weighted by molar-refractivity contribution is 5.61. The number of hydrogen-bond acceptors (Lipinski definition) is 13. The van der Waals surface area contributed by atoms with Gasteiger partial charge in [0.1, 0.15) is 0 Å². The van der Waals surface area contributed by atoms with Crippen molar-refractivity contribution in [2.24, 2.45) is 0 Å². The van der Waals surface area contributed by atoms with Crippen LogP contribution in [0.2, 0.25) is 0 Å². The molecule has 0 unspecified atom stereocenters. The zero-order chi connectivity index (χ0) is 30.5. The van der Waals surface area contributed by atoms with Gasteiger partial charge in [0, 0.05) is 31.7 Å². The van der Waals surface area contributed by atoms with Crippen LogP contribution in [0, 0.1) is 0 Å². The third kappa shape index (κ3) is 12.7. The van der Waals surface area contributed by atoms with Crippen LogP contribution in [0.15, 0.2) is 30.8 Å². The number of nitrogens with zero attached hydrogens (tertiary/aromatic N) is 5. The van der Waals surface area contributed by atoms with Crippen molar-refractivity contribution in [2.75, 3.05) is 142 Å².